The van der Waals surface area contributed by atoms with Gasteiger partial charge in [-0.3, -0.25) is 4.57 Å². The number of benzene rings is 7. The molecule has 0 saturated heterocycles. The fourth-order valence-electron chi connectivity index (χ4n) is 9.69. The summed E-state index contributed by atoms with van der Waals surface area (Å²) in [4.78, 5) is 5.37. The average Bonchev–Trinajstić information content (AvgIpc) is 3.57. The predicted molar refractivity (Wildman–Crippen MR) is 211 cm³/mol. The zero-order valence-electron chi connectivity index (χ0n) is 27.8. The topological polar surface area (TPSA) is 22.8 Å². The van der Waals surface area contributed by atoms with Gasteiger partial charge in [-0.25, -0.2) is 4.98 Å². The second-order valence-corrected chi connectivity index (χ2v) is 14.2. The van der Waals surface area contributed by atoms with E-state index in [0.717, 1.165) is 29.9 Å². The van der Waals surface area contributed by atoms with E-state index in [9.17, 15) is 0 Å². The number of rotatable bonds is 2. The average molecular weight is 650 g/mol. The molecule has 0 radical (unpaired) electrons. The quantitative estimate of drug-likeness (QED) is 0.183. The Balaban J connectivity index is 1.28. The van der Waals surface area contributed by atoms with Gasteiger partial charge in [0.15, 0.2) is 0 Å². The number of hydrogen-bond acceptors (Lipinski definition) is 1. The minimum Gasteiger partial charge on any atom is -0.308 e. The molecule has 2 aliphatic carbocycles. The summed E-state index contributed by atoms with van der Waals surface area (Å²) in [5, 5.41) is 7.53. The van der Waals surface area contributed by atoms with Gasteiger partial charge < -0.3 is 4.57 Å². The molecule has 12 rings (SSSR count). The van der Waals surface area contributed by atoms with Crippen LogP contribution in [0.3, 0.4) is 0 Å². The third-order valence-electron chi connectivity index (χ3n) is 11.8. The van der Waals surface area contributed by atoms with Gasteiger partial charge in [-0.15, -0.1) is 0 Å². The van der Waals surface area contributed by atoms with Crippen molar-refractivity contribution in [2.75, 3.05) is 0 Å². The SMILES string of the molecule is c1ccc(-n2c3ccccc3c3cc(-n4c5ccc6ccccc6c5c5cc6c7c(c54)-c4ccccc4C(CC7)c4ccccc4-6)ncc32)cc1. The lowest BCUT2D eigenvalue weighted by Gasteiger charge is -2.25. The van der Waals surface area contributed by atoms with Crippen molar-refractivity contribution in [1.29, 1.82) is 0 Å². The molecule has 1 unspecified atom stereocenters. The van der Waals surface area contributed by atoms with E-state index in [4.69, 9.17) is 4.98 Å². The highest BCUT2D eigenvalue weighted by molar-refractivity contribution is 6.25. The van der Waals surface area contributed by atoms with Crippen molar-refractivity contribution in [2.24, 2.45) is 0 Å². The summed E-state index contributed by atoms with van der Waals surface area (Å²) in [5.41, 5.74) is 15.7. The van der Waals surface area contributed by atoms with Gasteiger partial charge >= 0.3 is 0 Å². The number of pyridine rings is 1. The van der Waals surface area contributed by atoms with Crippen LogP contribution in [-0.4, -0.2) is 14.1 Å². The highest BCUT2D eigenvalue weighted by Gasteiger charge is 2.34. The van der Waals surface area contributed by atoms with Crippen LogP contribution in [0.2, 0.25) is 0 Å². The first-order valence-corrected chi connectivity index (χ1v) is 18.0. The monoisotopic (exact) mass is 649 g/mol. The van der Waals surface area contributed by atoms with E-state index in [2.05, 4.69) is 167 Å². The number of nitrogens with zero attached hydrogens (tertiary/aromatic N) is 3. The van der Waals surface area contributed by atoms with E-state index in [1.807, 2.05) is 0 Å². The van der Waals surface area contributed by atoms with E-state index < -0.39 is 0 Å². The number of para-hydroxylation sites is 2. The molecular formula is C48H31N3. The van der Waals surface area contributed by atoms with E-state index in [1.165, 1.54) is 87.8 Å². The van der Waals surface area contributed by atoms with E-state index >= 15 is 0 Å². The van der Waals surface area contributed by atoms with Crippen LogP contribution in [0.4, 0.5) is 0 Å². The van der Waals surface area contributed by atoms with Gasteiger partial charge in [-0.2, -0.15) is 0 Å². The van der Waals surface area contributed by atoms with Crippen LogP contribution in [-0.2, 0) is 6.42 Å². The van der Waals surface area contributed by atoms with Crippen molar-refractivity contribution in [3.8, 4) is 33.8 Å². The van der Waals surface area contributed by atoms with Gasteiger partial charge in [-0.1, -0.05) is 115 Å². The van der Waals surface area contributed by atoms with Crippen LogP contribution in [0.1, 0.15) is 29.0 Å². The summed E-state index contributed by atoms with van der Waals surface area (Å²) >= 11 is 0. The zero-order valence-corrected chi connectivity index (χ0v) is 27.8. The van der Waals surface area contributed by atoms with E-state index in [0.29, 0.717) is 5.92 Å². The summed E-state index contributed by atoms with van der Waals surface area (Å²) < 4.78 is 4.83. The largest absolute Gasteiger partial charge is 0.308 e. The molecule has 3 aromatic heterocycles. The Bertz CT molecular complexity index is 3090. The molecule has 238 valence electrons. The Morgan fingerprint density at radius 3 is 2.12 bits per heavy atom. The molecular weight excluding hydrogens is 619 g/mol. The molecule has 0 amide bonds. The molecule has 0 N–H and O–H groups in total. The van der Waals surface area contributed by atoms with Gasteiger partial charge in [0.05, 0.1) is 28.3 Å². The Labute approximate surface area is 294 Å². The smallest absolute Gasteiger partial charge is 0.138 e. The lowest BCUT2D eigenvalue weighted by molar-refractivity contribution is 0.736. The van der Waals surface area contributed by atoms with E-state index in [-0.39, 0.29) is 0 Å². The normalized spacial score (nSPS) is 14.7. The molecule has 3 nitrogen and oxygen atoms in total. The number of fused-ring (bicyclic) bond motifs is 17. The van der Waals surface area contributed by atoms with Gasteiger partial charge in [0.2, 0.25) is 0 Å². The van der Waals surface area contributed by atoms with Crippen molar-refractivity contribution < 1.29 is 0 Å². The second-order valence-electron chi connectivity index (χ2n) is 14.2. The fraction of sp³-hybridized carbons (Fsp3) is 0.0625. The van der Waals surface area contributed by atoms with Crippen molar-refractivity contribution in [3.05, 3.63) is 175 Å². The molecule has 51 heavy (non-hydrogen) atoms. The van der Waals surface area contributed by atoms with Crippen LogP contribution in [0.25, 0.3) is 88.1 Å². The van der Waals surface area contributed by atoms with Crippen molar-refractivity contribution in [1.82, 2.24) is 14.1 Å². The standard InChI is InChI=1S/C48H31N3/c1-2-13-30(14-3-1)50-42-21-11-10-19-36(42)40-27-45(49-28-44(40)50)51-43-25-22-29-12-4-5-15-31(29)46(43)41-26-39-34-18-7-6-16-32(34)35-23-24-38(39)47(48(41)51)37-20-9-8-17-33(35)37/h1-22,25-28,35H,23-24H2. The summed E-state index contributed by atoms with van der Waals surface area (Å²) in [7, 11) is 0. The summed E-state index contributed by atoms with van der Waals surface area (Å²) in [6.07, 6.45) is 4.23. The first kappa shape index (κ1) is 27.4. The van der Waals surface area contributed by atoms with Crippen molar-refractivity contribution >= 4 is 54.4 Å². The van der Waals surface area contributed by atoms with Crippen LogP contribution >= 0.6 is 0 Å². The summed E-state index contributed by atoms with van der Waals surface area (Å²) in [5.74, 6) is 1.30. The maximum atomic E-state index is 5.37. The first-order chi connectivity index (χ1) is 25.3. The first-order valence-electron chi connectivity index (χ1n) is 18.0. The van der Waals surface area contributed by atoms with Gasteiger partial charge in [0, 0.05) is 38.7 Å². The van der Waals surface area contributed by atoms with Crippen LogP contribution < -0.4 is 0 Å². The molecule has 0 saturated carbocycles. The maximum Gasteiger partial charge on any atom is 0.138 e. The minimum absolute atomic E-state index is 0.356. The Morgan fingerprint density at radius 1 is 0.510 bits per heavy atom. The summed E-state index contributed by atoms with van der Waals surface area (Å²) in [6.45, 7) is 0. The third kappa shape index (κ3) is 3.60. The third-order valence-corrected chi connectivity index (χ3v) is 11.8. The fourth-order valence-corrected chi connectivity index (χ4v) is 9.69. The molecule has 0 spiro atoms. The Morgan fingerprint density at radius 2 is 1.24 bits per heavy atom. The molecule has 7 aromatic carbocycles. The van der Waals surface area contributed by atoms with Crippen molar-refractivity contribution in [3.63, 3.8) is 0 Å². The molecule has 10 aromatic rings. The molecule has 1 atom stereocenters. The van der Waals surface area contributed by atoms with Gasteiger partial charge in [0.25, 0.3) is 0 Å². The molecule has 0 aliphatic heterocycles. The van der Waals surface area contributed by atoms with E-state index in [1.54, 1.807) is 0 Å². The highest BCUT2D eigenvalue weighted by Crippen LogP contribution is 2.54. The highest BCUT2D eigenvalue weighted by atomic mass is 15.1. The minimum atomic E-state index is 0.356. The predicted octanol–water partition coefficient (Wildman–Crippen LogP) is 12.2. The molecule has 2 bridgehead atoms. The van der Waals surface area contributed by atoms with Crippen LogP contribution in [0, 0.1) is 0 Å². The van der Waals surface area contributed by atoms with Gasteiger partial charge in [-0.05, 0) is 93.4 Å². The molecule has 3 heteroatoms. The summed E-state index contributed by atoms with van der Waals surface area (Å²) in [6, 6.07) is 56.1. The lowest BCUT2D eigenvalue weighted by Crippen LogP contribution is -2.05. The van der Waals surface area contributed by atoms with Gasteiger partial charge in [0.1, 0.15) is 5.82 Å². The van der Waals surface area contributed by atoms with Crippen molar-refractivity contribution in [2.45, 2.75) is 18.8 Å². The maximum absolute atomic E-state index is 5.37. The Kier molecular flexibility index (Phi) is 5.40. The lowest BCUT2D eigenvalue weighted by atomic mass is 9.80. The molecule has 2 aliphatic rings. The van der Waals surface area contributed by atoms with Crippen LogP contribution in [0.5, 0.6) is 0 Å². The molecule has 0 fully saturated rings. The molecule has 3 heterocycles. The van der Waals surface area contributed by atoms with Crippen LogP contribution in [0.15, 0.2) is 158 Å². The number of hydrogen-bond donors (Lipinski definition) is 0. The Hall–Kier alpha value is -6.45. The second kappa shape index (κ2) is 10.1. The number of aromatic nitrogens is 3. The zero-order chi connectivity index (χ0) is 33.2.